The van der Waals surface area contributed by atoms with Gasteiger partial charge in [-0.05, 0) is 32.6 Å². The van der Waals surface area contributed by atoms with E-state index in [9.17, 15) is 0 Å². The molecule has 0 aromatic carbocycles. The average Bonchev–Trinajstić information content (AvgIpc) is 2.59. The fourth-order valence-corrected chi connectivity index (χ4v) is 3.44. The Bertz CT molecular complexity index is 251. The second kappa shape index (κ2) is 20.8. The van der Waals surface area contributed by atoms with Crippen LogP contribution in [0, 0.1) is 0 Å². The fraction of sp³-hybridized carbons (Fsp3) is 0.917. The van der Waals surface area contributed by atoms with E-state index in [0.717, 1.165) is 0 Å². The van der Waals surface area contributed by atoms with Gasteiger partial charge in [0, 0.05) is 0 Å². The van der Waals surface area contributed by atoms with Gasteiger partial charge in [0.15, 0.2) is 0 Å². The molecule has 0 N–H and O–H groups in total. The van der Waals surface area contributed by atoms with E-state index < -0.39 is 0 Å². The van der Waals surface area contributed by atoms with Crippen molar-refractivity contribution in [2.75, 3.05) is 0 Å². The molecule has 0 spiro atoms. The standard InChI is InChI=1S/C24H48/c1-4-6-8-10-12-14-15-17-19-21-23-24(3)22-20-18-16-13-11-9-7-5-2/h23H,4-22H2,1-3H3. The van der Waals surface area contributed by atoms with Gasteiger partial charge in [-0.25, -0.2) is 0 Å². The highest BCUT2D eigenvalue weighted by atomic mass is 14.0. The largest absolute Gasteiger partial charge is 0.0856 e. The van der Waals surface area contributed by atoms with Crippen molar-refractivity contribution in [1.82, 2.24) is 0 Å². The molecule has 0 aromatic heterocycles. The monoisotopic (exact) mass is 336 g/mol. The SMILES string of the molecule is CCCCCCCCCCCC=C(C)CCCCCCCCCC. The zero-order valence-electron chi connectivity index (χ0n) is 17.5. The molecule has 0 aromatic rings. The van der Waals surface area contributed by atoms with Crippen molar-refractivity contribution in [3.63, 3.8) is 0 Å². The van der Waals surface area contributed by atoms with Gasteiger partial charge in [-0.2, -0.15) is 0 Å². The van der Waals surface area contributed by atoms with Gasteiger partial charge in [-0.1, -0.05) is 122 Å². The second-order valence-electron chi connectivity index (χ2n) is 7.89. The van der Waals surface area contributed by atoms with Gasteiger partial charge in [0.2, 0.25) is 0 Å². The molecule has 0 heteroatoms. The van der Waals surface area contributed by atoms with Crippen molar-refractivity contribution in [3.8, 4) is 0 Å². The van der Waals surface area contributed by atoms with Crippen LogP contribution >= 0.6 is 0 Å². The van der Waals surface area contributed by atoms with Crippen molar-refractivity contribution >= 4 is 0 Å². The molecule has 0 bridgehead atoms. The minimum Gasteiger partial charge on any atom is -0.0856 e. The van der Waals surface area contributed by atoms with E-state index in [1.165, 1.54) is 122 Å². The maximum atomic E-state index is 2.52. The lowest BCUT2D eigenvalue weighted by molar-refractivity contribution is 0.565. The number of hydrogen-bond donors (Lipinski definition) is 0. The summed E-state index contributed by atoms with van der Waals surface area (Å²) >= 11 is 0. The molecule has 0 heterocycles. The summed E-state index contributed by atoms with van der Waals surface area (Å²) in [7, 11) is 0. The Hall–Kier alpha value is -0.260. The number of unbranched alkanes of at least 4 members (excludes halogenated alkanes) is 16. The summed E-state index contributed by atoms with van der Waals surface area (Å²) in [4.78, 5) is 0. The highest BCUT2D eigenvalue weighted by molar-refractivity contribution is 4.97. The van der Waals surface area contributed by atoms with Crippen LogP contribution in [0.15, 0.2) is 11.6 Å². The van der Waals surface area contributed by atoms with Crippen LogP contribution in [0.4, 0.5) is 0 Å². The Morgan fingerprint density at radius 2 is 0.875 bits per heavy atom. The molecular weight excluding hydrogens is 288 g/mol. The van der Waals surface area contributed by atoms with Gasteiger partial charge in [0.25, 0.3) is 0 Å². The van der Waals surface area contributed by atoms with Gasteiger partial charge in [0.05, 0.1) is 0 Å². The van der Waals surface area contributed by atoms with Crippen molar-refractivity contribution in [3.05, 3.63) is 11.6 Å². The summed E-state index contributed by atoms with van der Waals surface area (Å²) in [5.74, 6) is 0. The lowest BCUT2D eigenvalue weighted by Gasteiger charge is -2.04. The molecule has 144 valence electrons. The molecule has 24 heavy (non-hydrogen) atoms. The molecule has 0 unspecified atom stereocenters. The zero-order valence-corrected chi connectivity index (χ0v) is 17.5. The van der Waals surface area contributed by atoms with E-state index in [1.807, 2.05) is 0 Å². The molecule has 0 amide bonds. The maximum Gasteiger partial charge on any atom is -0.0323 e. The zero-order chi connectivity index (χ0) is 17.7. The Balaban J connectivity index is 3.23. The van der Waals surface area contributed by atoms with Crippen LogP contribution in [0.3, 0.4) is 0 Å². The number of rotatable bonds is 19. The molecule has 0 aliphatic carbocycles. The molecule has 0 atom stereocenters. The van der Waals surface area contributed by atoms with Crippen molar-refractivity contribution in [2.24, 2.45) is 0 Å². The van der Waals surface area contributed by atoms with E-state index in [1.54, 1.807) is 5.57 Å². The fourth-order valence-electron chi connectivity index (χ4n) is 3.44. The summed E-state index contributed by atoms with van der Waals surface area (Å²) in [5.41, 5.74) is 1.64. The van der Waals surface area contributed by atoms with Crippen LogP contribution < -0.4 is 0 Å². The van der Waals surface area contributed by atoms with Gasteiger partial charge in [-0.3, -0.25) is 0 Å². The van der Waals surface area contributed by atoms with Crippen molar-refractivity contribution in [2.45, 2.75) is 143 Å². The molecule has 0 aliphatic rings. The van der Waals surface area contributed by atoms with Gasteiger partial charge in [0.1, 0.15) is 0 Å². The first-order chi connectivity index (χ1) is 11.8. The van der Waals surface area contributed by atoms with E-state index in [4.69, 9.17) is 0 Å². The third-order valence-corrected chi connectivity index (χ3v) is 5.23. The topological polar surface area (TPSA) is 0 Å². The Morgan fingerprint density at radius 3 is 1.33 bits per heavy atom. The molecular formula is C24H48. The van der Waals surface area contributed by atoms with Crippen LogP contribution in [0.5, 0.6) is 0 Å². The summed E-state index contributed by atoms with van der Waals surface area (Å²) in [6, 6.07) is 0. The molecule has 0 rings (SSSR count). The lowest BCUT2D eigenvalue weighted by Crippen LogP contribution is -1.84. The third-order valence-electron chi connectivity index (χ3n) is 5.23. The predicted molar refractivity (Wildman–Crippen MR) is 113 cm³/mol. The van der Waals surface area contributed by atoms with Gasteiger partial charge >= 0.3 is 0 Å². The normalized spacial score (nSPS) is 12.0. The maximum absolute atomic E-state index is 2.52. The molecule has 0 saturated heterocycles. The van der Waals surface area contributed by atoms with Crippen molar-refractivity contribution in [1.29, 1.82) is 0 Å². The molecule has 0 nitrogen and oxygen atoms in total. The predicted octanol–water partition coefficient (Wildman–Crippen LogP) is 9.38. The Labute approximate surface area is 154 Å². The first-order valence-corrected chi connectivity index (χ1v) is 11.5. The smallest absolute Gasteiger partial charge is 0.0323 e. The average molecular weight is 337 g/mol. The van der Waals surface area contributed by atoms with Gasteiger partial charge in [-0.15, -0.1) is 0 Å². The summed E-state index contributed by atoms with van der Waals surface area (Å²) in [5, 5.41) is 0. The Kier molecular flexibility index (Phi) is 20.6. The summed E-state index contributed by atoms with van der Waals surface area (Å²) in [6.07, 6.45) is 29.6. The van der Waals surface area contributed by atoms with E-state index in [-0.39, 0.29) is 0 Å². The molecule has 0 radical (unpaired) electrons. The van der Waals surface area contributed by atoms with Crippen LogP contribution in [0.1, 0.15) is 143 Å². The molecule has 0 saturated carbocycles. The minimum absolute atomic E-state index is 1.32. The summed E-state index contributed by atoms with van der Waals surface area (Å²) in [6.45, 7) is 6.93. The van der Waals surface area contributed by atoms with Crippen LogP contribution in [0.2, 0.25) is 0 Å². The van der Waals surface area contributed by atoms with Crippen molar-refractivity contribution < 1.29 is 0 Å². The third kappa shape index (κ3) is 19.8. The molecule has 0 aliphatic heterocycles. The van der Waals surface area contributed by atoms with E-state index >= 15 is 0 Å². The quantitative estimate of drug-likeness (QED) is 0.163. The lowest BCUT2D eigenvalue weighted by atomic mass is 10.0. The minimum atomic E-state index is 1.32. The van der Waals surface area contributed by atoms with E-state index in [0.29, 0.717) is 0 Å². The second-order valence-corrected chi connectivity index (χ2v) is 7.89. The number of hydrogen-bond acceptors (Lipinski definition) is 0. The summed E-state index contributed by atoms with van der Waals surface area (Å²) < 4.78 is 0. The van der Waals surface area contributed by atoms with Gasteiger partial charge < -0.3 is 0 Å². The first kappa shape index (κ1) is 23.7. The Morgan fingerprint density at radius 1 is 0.500 bits per heavy atom. The van der Waals surface area contributed by atoms with Crippen LogP contribution in [0.25, 0.3) is 0 Å². The van der Waals surface area contributed by atoms with E-state index in [2.05, 4.69) is 26.8 Å². The van der Waals surface area contributed by atoms with Crippen LogP contribution in [-0.2, 0) is 0 Å². The van der Waals surface area contributed by atoms with Crippen LogP contribution in [-0.4, -0.2) is 0 Å². The first-order valence-electron chi connectivity index (χ1n) is 11.5. The molecule has 0 fully saturated rings. The highest BCUT2D eigenvalue weighted by Crippen LogP contribution is 2.15. The number of allylic oxidation sites excluding steroid dienone is 2. The highest BCUT2D eigenvalue weighted by Gasteiger charge is 1.95.